The first-order chi connectivity index (χ1) is 15.6. The molecule has 0 unspecified atom stereocenters. The zero-order valence-corrected chi connectivity index (χ0v) is 21.1. The van der Waals surface area contributed by atoms with Crippen molar-refractivity contribution in [2.24, 2.45) is 0 Å². The van der Waals surface area contributed by atoms with Gasteiger partial charge in [0.25, 0.3) is 0 Å². The lowest BCUT2D eigenvalue weighted by atomic mass is 10.1. The molecule has 33 heavy (non-hydrogen) atoms. The van der Waals surface area contributed by atoms with Crippen molar-refractivity contribution in [3.63, 3.8) is 0 Å². The fourth-order valence-electron chi connectivity index (χ4n) is 3.42. The molecule has 2 aromatic carbocycles. The SMILES string of the molecule is CCCNC(=O)[C@H](CC)N(Cc1ccccc1Cl)C(=O)CN(c1ccc(C)cc1)S(C)(=O)=O. The third-order valence-corrected chi connectivity index (χ3v) is 6.74. The maximum absolute atomic E-state index is 13.5. The topological polar surface area (TPSA) is 86.8 Å². The molecule has 2 aromatic rings. The van der Waals surface area contributed by atoms with Gasteiger partial charge in [-0.2, -0.15) is 0 Å². The second kappa shape index (κ2) is 12.0. The highest BCUT2D eigenvalue weighted by molar-refractivity contribution is 7.92. The van der Waals surface area contributed by atoms with Gasteiger partial charge in [-0.3, -0.25) is 13.9 Å². The predicted molar refractivity (Wildman–Crippen MR) is 133 cm³/mol. The summed E-state index contributed by atoms with van der Waals surface area (Å²) in [6.45, 7) is 5.80. The Hall–Kier alpha value is -2.58. The molecule has 0 bridgehead atoms. The Morgan fingerprint density at radius 1 is 1.06 bits per heavy atom. The molecule has 180 valence electrons. The standard InChI is InChI=1S/C24H32ClN3O4S/c1-5-15-26-24(30)22(6-2)27(16-19-9-7-8-10-21(19)25)23(29)17-28(33(4,31)32)20-13-11-18(3)12-14-20/h7-14,22H,5-6,15-17H2,1-4H3,(H,26,30)/t22-/m0/s1. The first-order valence-corrected chi connectivity index (χ1v) is 13.2. The van der Waals surface area contributed by atoms with Gasteiger partial charge in [-0.15, -0.1) is 0 Å². The lowest BCUT2D eigenvalue weighted by molar-refractivity contribution is -0.140. The highest BCUT2D eigenvalue weighted by Crippen LogP contribution is 2.22. The Labute approximate surface area is 201 Å². The summed E-state index contributed by atoms with van der Waals surface area (Å²) in [5, 5.41) is 3.31. The maximum Gasteiger partial charge on any atom is 0.244 e. The van der Waals surface area contributed by atoms with Gasteiger partial charge in [-0.25, -0.2) is 8.42 Å². The van der Waals surface area contributed by atoms with E-state index in [1.165, 1.54) is 4.90 Å². The van der Waals surface area contributed by atoms with Crippen LogP contribution in [-0.4, -0.2) is 50.5 Å². The minimum Gasteiger partial charge on any atom is -0.354 e. The fraction of sp³-hybridized carbons (Fsp3) is 0.417. The number of hydrogen-bond donors (Lipinski definition) is 1. The Morgan fingerprint density at radius 3 is 2.24 bits per heavy atom. The third kappa shape index (κ3) is 7.47. The zero-order valence-electron chi connectivity index (χ0n) is 19.5. The van der Waals surface area contributed by atoms with Crippen molar-refractivity contribution in [3.05, 3.63) is 64.7 Å². The molecule has 0 aromatic heterocycles. The summed E-state index contributed by atoms with van der Waals surface area (Å²) in [6, 6.07) is 13.2. The van der Waals surface area contributed by atoms with Gasteiger partial charge in [0.15, 0.2) is 0 Å². The van der Waals surface area contributed by atoms with Crippen molar-refractivity contribution in [1.82, 2.24) is 10.2 Å². The molecule has 0 aliphatic carbocycles. The zero-order chi connectivity index (χ0) is 24.6. The Bertz CT molecular complexity index is 1060. The van der Waals surface area contributed by atoms with Gasteiger partial charge in [0.05, 0.1) is 11.9 Å². The number of benzene rings is 2. The number of nitrogens with zero attached hydrogens (tertiary/aromatic N) is 2. The fourth-order valence-corrected chi connectivity index (χ4v) is 4.47. The lowest BCUT2D eigenvalue weighted by Crippen LogP contribution is -2.52. The minimum atomic E-state index is -3.75. The number of hydrogen-bond acceptors (Lipinski definition) is 4. The minimum absolute atomic E-state index is 0.0854. The predicted octanol–water partition coefficient (Wildman–Crippen LogP) is 3.75. The molecule has 0 spiro atoms. The summed E-state index contributed by atoms with van der Waals surface area (Å²) in [5.41, 5.74) is 2.03. The normalized spacial score (nSPS) is 12.2. The van der Waals surface area contributed by atoms with Crippen LogP contribution in [0.2, 0.25) is 5.02 Å². The smallest absolute Gasteiger partial charge is 0.244 e. The Balaban J connectivity index is 2.42. The van der Waals surface area contributed by atoms with Gasteiger partial charge in [0.2, 0.25) is 21.8 Å². The first-order valence-electron chi connectivity index (χ1n) is 10.9. The summed E-state index contributed by atoms with van der Waals surface area (Å²) in [7, 11) is -3.75. The van der Waals surface area contributed by atoms with E-state index >= 15 is 0 Å². The molecule has 1 N–H and O–H groups in total. The molecule has 0 fully saturated rings. The highest BCUT2D eigenvalue weighted by Gasteiger charge is 2.31. The Morgan fingerprint density at radius 2 is 1.70 bits per heavy atom. The maximum atomic E-state index is 13.5. The number of amides is 2. The Kier molecular flexibility index (Phi) is 9.73. The summed E-state index contributed by atoms with van der Waals surface area (Å²) >= 11 is 6.33. The van der Waals surface area contributed by atoms with Crippen LogP contribution in [0.1, 0.15) is 37.8 Å². The molecule has 9 heteroatoms. The van der Waals surface area contributed by atoms with E-state index < -0.39 is 28.5 Å². The van der Waals surface area contributed by atoms with Gasteiger partial charge in [-0.1, -0.05) is 61.3 Å². The summed E-state index contributed by atoms with van der Waals surface area (Å²) in [5.74, 6) is -0.764. The van der Waals surface area contributed by atoms with Gasteiger partial charge < -0.3 is 10.2 Å². The second-order valence-corrected chi connectivity index (χ2v) is 10.2. The van der Waals surface area contributed by atoms with Crippen LogP contribution < -0.4 is 9.62 Å². The molecule has 0 saturated heterocycles. The molecular weight excluding hydrogens is 462 g/mol. The monoisotopic (exact) mass is 493 g/mol. The van der Waals surface area contributed by atoms with Crippen LogP contribution in [0.15, 0.2) is 48.5 Å². The van der Waals surface area contributed by atoms with Crippen LogP contribution in [0.25, 0.3) is 0 Å². The molecule has 1 atom stereocenters. The van der Waals surface area contributed by atoms with E-state index in [1.807, 2.05) is 20.8 Å². The average Bonchev–Trinajstić information content (AvgIpc) is 2.77. The quantitative estimate of drug-likeness (QED) is 0.516. The number of carbonyl (C=O) groups excluding carboxylic acids is 2. The summed E-state index contributed by atoms with van der Waals surface area (Å²) < 4.78 is 26.2. The molecule has 0 heterocycles. The van der Waals surface area contributed by atoms with E-state index in [-0.39, 0.29) is 12.5 Å². The summed E-state index contributed by atoms with van der Waals surface area (Å²) in [4.78, 5) is 27.8. The molecule has 0 aliphatic heterocycles. The number of carbonyl (C=O) groups is 2. The van der Waals surface area contributed by atoms with Crippen LogP contribution in [0.3, 0.4) is 0 Å². The lowest BCUT2D eigenvalue weighted by Gasteiger charge is -2.33. The first kappa shape index (κ1) is 26.7. The van der Waals surface area contributed by atoms with E-state index in [0.29, 0.717) is 29.2 Å². The van der Waals surface area contributed by atoms with Crippen molar-refractivity contribution in [2.75, 3.05) is 23.7 Å². The second-order valence-electron chi connectivity index (χ2n) is 7.93. The van der Waals surface area contributed by atoms with Gasteiger partial charge in [0.1, 0.15) is 12.6 Å². The number of sulfonamides is 1. The van der Waals surface area contributed by atoms with E-state index in [0.717, 1.165) is 22.5 Å². The van der Waals surface area contributed by atoms with Crippen molar-refractivity contribution < 1.29 is 18.0 Å². The molecule has 2 amide bonds. The highest BCUT2D eigenvalue weighted by atomic mass is 35.5. The third-order valence-electron chi connectivity index (χ3n) is 5.23. The molecule has 0 radical (unpaired) electrons. The largest absolute Gasteiger partial charge is 0.354 e. The van der Waals surface area contributed by atoms with Crippen LogP contribution >= 0.6 is 11.6 Å². The van der Waals surface area contributed by atoms with Crippen molar-refractivity contribution in [1.29, 1.82) is 0 Å². The molecular formula is C24H32ClN3O4S. The molecule has 0 saturated carbocycles. The number of rotatable bonds is 11. The molecule has 2 rings (SSSR count). The number of halogens is 1. The van der Waals surface area contributed by atoms with E-state index in [4.69, 9.17) is 11.6 Å². The van der Waals surface area contributed by atoms with Gasteiger partial charge in [-0.05, 0) is 43.5 Å². The van der Waals surface area contributed by atoms with Crippen LogP contribution in [-0.2, 0) is 26.2 Å². The number of anilines is 1. The van der Waals surface area contributed by atoms with Crippen LogP contribution in [0, 0.1) is 6.92 Å². The molecule has 7 nitrogen and oxygen atoms in total. The average molecular weight is 494 g/mol. The molecule has 0 aliphatic rings. The van der Waals surface area contributed by atoms with E-state index in [1.54, 1.807) is 48.5 Å². The van der Waals surface area contributed by atoms with Crippen molar-refractivity contribution in [2.45, 2.75) is 46.2 Å². The van der Waals surface area contributed by atoms with Gasteiger partial charge in [0, 0.05) is 18.1 Å². The van der Waals surface area contributed by atoms with E-state index in [2.05, 4.69) is 5.32 Å². The van der Waals surface area contributed by atoms with Crippen molar-refractivity contribution >= 4 is 39.1 Å². The van der Waals surface area contributed by atoms with E-state index in [9.17, 15) is 18.0 Å². The van der Waals surface area contributed by atoms with Crippen molar-refractivity contribution in [3.8, 4) is 0 Å². The van der Waals surface area contributed by atoms with Crippen LogP contribution in [0.4, 0.5) is 5.69 Å². The van der Waals surface area contributed by atoms with Gasteiger partial charge >= 0.3 is 0 Å². The van der Waals surface area contributed by atoms with Crippen LogP contribution in [0.5, 0.6) is 0 Å². The summed E-state index contributed by atoms with van der Waals surface area (Å²) in [6.07, 6.45) is 2.19. The number of nitrogens with one attached hydrogen (secondary N) is 1. The number of aryl methyl sites for hydroxylation is 1.